The van der Waals surface area contributed by atoms with Gasteiger partial charge in [0.25, 0.3) is 5.91 Å². The van der Waals surface area contributed by atoms with Crippen molar-refractivity contribution in [3.8, 4) is 5.75 Å². The van der Waals surface area contributed by atoms with Crippen molar-refractivity contribution < 1.29 is 29.3 Å². The molecule has 4 N–H and O–H groups in total. The fraction of sp³-hybridized carbons (Fsp3) is 0.417. The normalized spacial score (nSPS) is 20.7. The number of piperidine rings is 1. The van der Waals surface area contributed by atoms with E-state index >= 15 is 0 Å². The van der Waals surface area contributed by atoms with Crippen LogP contribution in [0.1, 0.15) is 59.5 Å². The van der Waals surface area contributed by atoms with Crippen molar-refractivity contribution >= 4 is 17.7 Å². The maximum absolute atomic E-state index is 13.8. The van der Waals surface area contributed by atoms with E-state index in [9.17, 15) is 24.6 Å². The smallest absolute Gasteiger partial charge is 0.252 e. The number of para-hydroxylation sites is 1. The van der Waals surface area contributed by atoms with Crippen molar-refractivity contribution in [2.24, 2.45) is 5.92 Å². The number of aliphatic hydroxyl groups excluding tert-OH is 2. The molecule has 45 heavy (non-hydrogen) atoms. The molecule has 1 fully saturated rings. The Morgan fingerprint density at radius 3 is 2.42 bits per heavy atom. The van der Waals surface area contributed by atoms with E-state index in [0.29, 0.717) is 30.8 Å². The van der Waals surface area contributed by atoms with Crippen LogP contribution < -0.4 is 15.4 Å². The number of nitrogens with zero attached hydrogens (tertiary/aromatic N) is 1. The number of likely N-dealkylation sites (tertiary alicyclic amines) is 1. The van der Waals surface area contributed by atoms with Crippen molar-refractivity contribution in [1.29, 1.82) is 0 Å². The van der Waals surface area contributed by atoms with Gasteiger partial charge in [-0.25, -0.2) is 0 Å². The molecular weight excluding hydrogens is 570 g/mol. The first-order chi connectivity index (χ1) is 21.7. The van der Waals surface area contributed by atoms with Gasteiger partial charge in [-0.3, -0.25) is 14.4 Å². The van der Waals surface area contributed by atoms with Gasteiger partial charge in [0.1, 0.15) is 30.6 Å². The van der Waals surface area contributed by atoms with Gasteiger partial charge >= 0.3 is 0 Å². The Balaban J connectivity index is 1.29. The number of carbonyl (C=O) groups is 3. The molecule has 0 radical (unpaired) electrons. The minimum atomic E-state index is -1.48. The van der Waals surface area contributed by atoms with E-state index in [-0.39, 0.29) is 31.3 Å². The topological polar surface area (TPSA) is 128 Å². The maximum Gasteiger partial charge on any atom is 0.252 e. The lowest BCUT2D eigenvalue weighted by molar-refractivity contribution is -0.150. The molecule has 0 aromatic heterocycles. The Morgan fingerprint density at radius 1 is 0.956 bits per heavy atom. The van der Waals surface area contributed by atoms with E-state index < -0.39 is 36.1 Å². The van der Waals surface area contributed by atoms with Gasteiger partial charge in [0.15, 0.2) is 0 Å². The standard InChI is InChI=1S/C36H43N3O6/c1-23-11-10-12-24(2)28(23)21-37-35(43)29-16-8-9-18-39(29)36(44)30(40)20-26(19-25-13-4-3-5-14-25)34(42)38-33-27-15-6-7-17-32(27)45-22-31(33)41/h3-7,10-15,17,26,29-31,33,40-41H,8-9,16,18-22H2,1-2H3,(H,37,43)(H,38,42)/t26-,29+,30+,31-,33+/m1/s1. The summed E-state index contributed by atoms with van der Waals surface area (Å²) >= 11 is 0. The Labute approximate surface area is 264 Å². The second kappa shape index (κ2) is 14.7. The molecule has 3 aromatic rings. The fourth-order valence-electron chi connectivity index (χ4n) is 6.43. The van der Waals surface area contributed by atoms with Gasteiger partial charge in [-0.1, -0.05) is 66.7 Å². The second-order valence-electron chi connectivity index (χ2n) is 12.2. The lowest BCUT2D eigenvalue weighted by Gasteiger charge is -2.36. The molecule has 5 rings (SSSR count). The summed E-state index contributed by atoms with van der Waals surface area (Å²) in [6.45, 7) is 4.76. The van der Waals surface area contributed by atoms with E-state index in [2.05, 4.69) is 10.6 Å². The van der Waals surface area contributed by atoms with E-state index in [1.165, 1.54) is 4.90 Å². The van der Waals surface area contributed by atoms with Crippen LogP contribution in [0.5, 0.6) is 5.75 Å². The lowest BCUT2D eigenvalue weighted by atomic mass is 9.90. The largest absolute Gasteiger partial charge is 0.490 e. The minimum absolute atomic E-state index is 0.0360. The number of hydrogen-bond acceptors (Lipinski definition) is 6. The molecule has 238 valence electrons. The average molecular weight is 614 g/mol. The van der Waals surface area contributed by atoms with E-state index in [0.717, 1.165) is 35.1 Å². The summed E-state index contributed by atoms with van der Waals surface area (Å²) < 4.78 is 5.63. The number of ether oxygens (including phenoxy) is 1. The molecule has 2 aliphatic rings. The molecule has 0 saturated carbocycles. The van der Waals surface area contributed by atoms with Crippen LogP contribution in [0.3, 0.4) is 0 Å². The maximum atomic E-state index is 13.8. The predicted octanol–water partition coefficient (Wildman–Crippen LogP) is 3.52. The van der Waals surface area contributed by atoms with Crippen LogP contribution in [0.25, 0.3) is 0 Å². The molecule has 0 aliphatic carbocycles. The van der Waals surface area contributed by atoms with Crippen molar-refractivity contribution in [2.45, 2.75) is 76.8 Å². The summed E-state index contributed by atoms with van der Waals surface area (Å²) in [5.41, 5.74) is 4.77. The molecule has 0 spiro atoms. The third kappa shape index (κ3) is 7.72. The number of nitrogens with one attached hydrogen (secondary N) is 2. The molecule has 0 unspecified atom stereocenters. The molecule has 2 aliphatic heterocycles. The zero-order valence-electron chi connectivity index (χ0n) is 25.9. The van der Waals surface area contributed by atoms with Gasteiger partial charge in [0.2, 0.25) is 11.8 Å². The van der Waals surface area contributed by atoms with Gasteiger partial charge in [0, 0.05) is 24.6 Å². The summed E-state index contributed by atoms with van der Waals surface area (Å²) in [6, 6.07) is 21.3. The summed E-state index contributed by atoms with van der Waals surface area (Å²) in [7, 11) is 0. The van der Waals surface area contributed by atoms with Crippen molar-refractivity contribution in [1.82, 2.24) is 15.5 Å². The number of fused-ring (bicyclic) bond motifs is 1. The lowest BCUT2D eigenvalue weighted by Crippen LogP contribution is -2.55. The van der Waals surface area contributed by atoms with Crippen molar-refractivity contribution in [3.63, 3.8) is 0 Å². The molecule has 1 saturated heterocycles. The van der Waals surface area contributed by atoms with Crippen molar-refractivity contribution in [3.05, 3.63) is 101 Å². The second-order valence-corrected chi connectivity index (χ2v) is 12.2. The zero-order chi connectivity index (χ0) is 31.9. The first-order valence-corrected chi connectivity index (χ1v) is 15.8. The highest BCUT2D eigenvalue weighted by Crippen LogP contribution is 2.32. The van der Waals surface area contributed by atoms with Crippen LogP contribution in [-0.2, 0) is 27.3 Å². The molecule has 9 nitrogen and oxygen atoms in total. The van der Waals surface area contributed by atoms with Crippen LogP contribution in [0.4, 0.5) is 0 Å². The van der Waals surface area contributed by atoms with Gasteiger partial charge in [-0.05, 0) is 74.3 Å². The highest BCUT2D eigenvalue weighted by Gasteiger charge is 2.38. The molecule has 3 amide bonds. The molecule has 3 aromatic carbocycles. The molecule has 0 bridgehead atoms. The molecule has 2 heterocycles. The summed E-state index contributed by atoms with van der Waals surface area (Å²) in [5, 5.41) is 28.0. The van der Waals surface area contributed by atoms with E-state index in [1.807, 2.05) is 74.5 Å². The minimum Gasteiger partial charge on any atom is -0.490 e. The summed E-state index contributed by atoms with van der Waals surface area (Å²) in [4.78, 5) is 42.4. The Hall–Kier alpha value is -4.21. The van der Waals surface area contributed by atoms with Gasteiger partial charge in [-0.2, -0.15) is 0 Å². The van der Waals surface area contributed by atoms with Crippen LogP contribution >= 0.6 is 0 Å². The third-order valence-electron chi connectivity index (χ3n) is 9.01. The SMILES string of the molecule is Cc1cccc(C)c1CNC(=O)[C@@H]1CCCCN1C(=O)[C@@H](O)C[C@@H](Cc1ccccc1)C(=O)N[C@H]1c2ccccc2OC[C@H]1O. The first kappa shape index (κ1) is 32.2. The summed E-state index contributed by atoms with van der Waals surface area (Å²) in [6.07, 6.45) is -0.242. The Morgan fingerprint density at radius 2 is 1.67 bits per heavy atom. The van der Waals surface area contributed by atoms with E-state index in [1.54, 1.807) is 12.1 Å². The highest BCUT2D eigenvalue weighted by molar-refractivity contribution is 5.90. The van der Waals surface area contributed by atoms with Gasteiger partial charge in [-0.15, -0.1) is 0 Å². The Kier molecular flexibility index (Phi) is 10.5. The molecule has 5 atom stereocenters. The van der Waals surface area contributed by atoms with E-state index in [4.69, 9.17) is 4.74 Å². The van der Waals surface area contributed by atoms with Gasteiger partial charge in [0.05, 0.1) is 6.04 Å². The van der Waals surface area contributed by atoms with Crippen LogP contribution in [0.2, 0.25) is 0 Å². The third-order valence-corrected chi connectivity index (χ3v) is 9.01. The number of aryl methyl sites for hydroxylation is 2. The molecule has 9 heteroatoms. The fourth-order valence-corrected chi connectivity index (χ4v) is 6.43. The van der Waals surface area contributed by atoms with Crippen molar-refractivity contribution in [2.75, 3.05) is 13.2 Å². The molecular formula is C36H43N3O6. The number of benzene rings is 3. The number of amides is 3. The monoisotopic (exact) mass is 613 g/mol. The number of rotatable bonds is 10. The number of carbonyl (C=O) groups excluding carboxylic acids is 3. The Bertz CT molecular complexity index is 1470. The quantitative estimate of drug-likeness (QED) is 0.277. The van der Waals surface area contributed by atoms with Crippen LogP contribution in [0.15, 0.2) is 72.8 Å². The predicted molar refractivity (Wildman–Crippen MR) is 170 cm³/mol. The number of hydrogen-bond donors (Lipinski definition) is 4. The van der Waals surface area contributed by atoms with Crippen LogP contribution in [-0.4, -0.2) is 64.2 Å². The zero-order valence-corrected chi connectivity index (χ0v) is 25.9. The highest BCUT2D eigenvalue weighted by atomic mass is 16.5. The summed E-state index contributed by atoms with van der Waals surface area (Å²) in [5.74, 6) is -1.36. The average Bonchev–Trinajstić information content (AvgIpc) is 3.05. The van der Waals surface area contributed by atoms with Crippen LogP contribution in [0, 0.1) is 19.8 Å². The van der Waals surface area contributed by atoms with Gasteiger partial charge < -0.3 is 30.5 Å². The number of aliphatic hydroxyl groups is 2. The first-order valence-electron chi connectivity index (χ1n) is 15.8.